The molecule has 2 amide bonds. The lowest BCUT2D eigenvalue weighted by molar-refractivity contribution is -0.145. The van der Waals surface area contributed by atoms with Crippen molar-refractivity contribution < 1.29 is 14.3 Å². The van der Waals surface area contributed by atoms with Gasteiger partial charge in [0.1, 0.15) is 6.04 Å². The van der Waals surface area contributed by atoms with Gasteiger partial charge < -0.3 is 15.4 Å². The third-order valence-electron chi connectivity index (χ3n) is 3.80. The maximum atomic E-state index is 12.4. The van der Waals surface area contributed by atoms with E-state index in [2.05, 4.69) is 10.6 Å². The summed E-state index contributed by atoms with van der Waals surface area (Å²) in [6.45, 7) is 5.89. The predicted octanol–water partition coefficient (Wildman–Crippen LogP) is 3.60. The van der Waals surface area contributed by atoms with E-state index in [0.29, 0.717) is 6.42 Å². The first-order valence-corrected chi connectivity index (χ1v) is 8.35. The topological polar surface area (TPSA) is 67.4 Å². The van der Waals surface area contributed by atoms with E-state index >= 15 is 0 Å². The normalized spacial score (nSPS) is 11.5. The minimum Gasteiger partial charge on any atom is -0.464 e. The molecule has 5 heteroatoms. The second-order valence-electron chi connectivity index (χ2n) is 5.91. The first kappa shape index (κ1) is 18.5. The Bertz CT molecular complexity index is 729. The quantitative estimate of drug-likeness (QED) is 0.790. The number of hydrogen-bond donors (Lipinski definition) is 2. The summed E-state index contributed by atoms with van der Waals surface area (Å²) in [6.07, 6.45) is 0.375. The summed E-state index contributed by atoms with van der Waals surface area (Å²) in [5.74, 6) is -0.442. The molecule has 2 aromatic rings. The molecule has 0 heterocycles. The summed E-state index contributed by atoms with van der Waals surface area (Å²) < 4.78 is 5.09. The fourth-order valence-corrected chi connectivity index (χ4v) is 2.47. The number of anilines is 1. The first-order valence-electron chi connectivity index (χ1n) is 8.35. The Morgan fingerprint density at radius 2 is 1.80 bits per heavy atom. The SMILES string of the molecule is CCOC(=O)[C@H](Cc1ccccc1)NC(=O)Nc1cc(C)ccc1C. The number of rotatable bonds is 6. The second kappa shape index (κ2) is 8.87. The number of nitrogens with one attached hydrogen (secondary N) is 2. The summed E-state index contributed by atoms with van der Waals surface area (Å²) in [5, 5.41) is 5.53. The smallest absolute Gasteiger partial charge is 0.329 e. The van der Waals surface area contributed by atoms with Crippen molar-refractivity contribution in [2.75, 3.05) is 11.9 Å². The van der Waals surface area contributed by atoms with E-state index in [1.807, 2.05) is 62.4 Å². The highest BCUT2D eigenvalue weighted by Crippen LogP contribution is 2.16. The molecule has 25 heavy (non-hydrogen) atoms. The lowest BCUT2D eigenvalue weighted by atomic mass is 10.1. The molecule has 0 aliphatic rings. The number of esters is 1. The highest BCUT2D eigenvalue weighted by molar-refractivity contribution is 5.93. The van der Waals surface area contributed by atoms with Crippen LogP contribution in [0.2, 0.25) is 0 Å². The van der Waals surface area contributed by atoms with Crippen LogP contribution in [-0.4, -0.2) is 24.6 Å². The molecule has 0 aliphatic carbocycles. The van der Waals surface area contributed by atoms with Crippen LogP contribution in [0.5, 0.6) is 0 Å². The zero-order chi connectivity index (χ0) is 18.2. The van der Waals surface area contributed by atoms with Crippen LogP contribution in [0.1, 0.15) is 23.6 Å². The van der Waals surface area contributed by atoms with Crippen LogP contribution in [0.15, 0.2) is 48.5 Å². The Balaban J connectivity index is 2.08. The van der Waals surface area contributed by atoms with Gasteiger partial charge in [-0.2, -0.15) is 0 Å². The van der Waals surface area contributed by atoms with Gasteiger partial charge in [0.25, 0.3) is 0 Å². The van der Waals surface area contributed by atoms with Gasteiger partial charge in [0, 0.05) is 12.1 Å². The Kier molecular flexibility index (Phi) is 6.57. The van der Waals surface area contributed by atoms with Crippen molar-refractivity contribution >= 4 is 17.7 Å². The van der Waals surface area contributed by atoms with Crippen molar-refractivity contribution in [3.63, 3.8) is 0 Å². The van der Waals surface area contributed by atoms with Gasteiger partial charge in [0.2, 0.25) is 0 Å². The fraction of sp³-hybridized carbons (Fsp3) is 0.300. The Morgan fingerprint density at radius 3 is 2.48 bits per heavy atom. The average molecular weight is 340 g/mol. The van der Waals surface area contributed by atoms with E-state index in [1.54, 1.807) is 6.92 Å². The number of hydrogen-bond acceptors (Lipinski definition) is 3. The summed E-state index contributed by atoms with van der Waals surface area (Å²) in [5.41, 5.74) is 3.68. The van der Waals surface area contributed by atoms with Gasteiger partial charge in [0.15, 0.2) is 0 Å². The summed E-state index contributed by atoms with van der Waals surface area (Å²) in [7, 11) is 0. The fourth-order valence-electron chi connectivity index (χ4n) is 2.47. The van der Waals surface area contributed by atoms with Crippen LogP contribution < -0.4 is 10.6 Å². The molecule has 0 saturated carbocycles. The van der Waals surface area contributed by atoms with E-state index in [1.165, 1.54) is 0 Å². The molecule has 0 saturated heterocycles. The lowest BCUT2D eigenvalue weighted by Crippen LogP contribution is -2.45. The highest BCUT2D eigenvalue weighted by atomic mass is 16.5. The molecule has 2 rings (SSSR count). The summed E-state index contributed by atoms with van der Waals surface area (Å²) in [6, 6.07) is 14.2. The zero-order valence-corrected chi connectivity index (χ0v) is 14.8. The third kappa shape index (κ3) is 5.64. The molecule has 132 valence electrons. The van der Waals surface area contributed by atoms with Gasteiger partial charge in [-0.25, -0.2) is 9.59 Å². The molecule has 0 bridgehead atoms. The van der Waals surface area contributed by atoms with E-state index in [0.717, 1.165) is 22.4 Å². The van der Waals surface area contributed by atoms with Gasteiger partial charge >= 0.3 is 12.0 Å². The lowest BCUT2D eigenvalue weighted by Gasteiger charge is -2.18. The van der Waals surface area contributed by atoms with Crippen LogP contribution in [-0.2, 0) is 16.0 Å². The number of ether oxygens (including phenoxy) is 1. The molecule has 0 aliphatic heterocycles. The van der Waals surface area contributed by atoms with Gasteiger partial charge in [0.05, 0.1) is 6.61 Å². The maximum Gasteiger partial charge on any atom is 0.329 e. The van der Waals surface area contributed by atoms with E-state index in [-0.39, 0.29) is 6.61 Å². The Hall–Kier alpha value is -2.82. The van der Waals surface area contributed by atoms with Crippen molar-refractivity contribution in [1.82, 2.24) is 5.32 Å². The first-order chi connectivity index (χ1) is 12.0. The standard InChI is InChI=1S/C20H24N2O3/c1-4-25-19(23)18(13-16-8-6-5-7-9-16)22-20(24)21-17-12-14(2)10-11-15(17)3/h5-12,18H,4,13H2,1-3H3,(H2,21,22,24)/t18-/m0/s1. The largest absolute Gasteiger partial charge is 0.464 e. The number of carbonyl (C=O) groups excluding carboxylic acids is 2. The van der Waals surface area contributed by atoms with Crippen molar-refractivity contribution in [2.24, 2.45) is 0 Å². The molecule has 2 N–H and O–H groups in total. The number of amides is 2. The average Bonchev–Trinajstić information content (AvgIpc) is 2.58. The van der Waals surface area contributed by atoms with Crippen LogP contribution in [0.25, 0.3) is 0 Å². The minimum absolute atomic E-state index is 0.268. The molecular weight excluding hydrogens is 316 g/mol. The predicted molar refractivity (Wildman–Crippen MR) is 98.6 cm³/mol. The zero-order valence-electron chi connectivity index (χ0n) is 14.8. The minimum atomic E-state index is -0.743. The Morgan fingerprint density at radius 1 is 1.08 bits per heavy atom. The molecule has 0 radical (unpaired) electrons. The van der Waals surface area contributed by atoms with Crippen LogP contribution in [0.4, 0.5) is 10.5 Å². The van der Waals surface area contributed by atoms with Gasteiger partial charge in [-0.1, -0.05) is 42.5 Å². The van der Waals surface area contributed by atoms with Gasteiger partial charge in [-0.3, -0.25) is 0 Å². The van der Waals surface area contributed by atoms with Crippen molar-refractivity contribution in [1.29, 1.82) is 0 Å². The van der Waals surface area contributed by atoms with Gasteiger partial charge in [-0.15, -0.1) is 0 Å². The van der Waals surface area contributed by atoms with E-state index in [9.17, 15) is 9.59 Å². The monoisotopic (exact) mass is 340 g/mol. The number of urea groups is 1. The van der Waals surface area contributed by atoms with Crippen molar-refractivity contribution in [2.45, 2.75) is 33.2 Å². The molecule has 2 aromatic carbocycles. The third-order valence-corrected chi connectivity index (χ3v) is 3.80. The van der Waals surface area contributed by atoms with Crippen LogP contribution in [0.3, 0.4) is 0 Å². The summed E-state index contributed by atoms with van der Waals surface area (Å²) >= 11 is 0. The van der Waals surface area contributed by atoms with Crippen molar-refractivity contribution in [3.8, 4) is 0 Å². The summed E-state index contributed by atoms with van der Waals surface area (Å²) in [4.78, 5) is 24.5. The molecule has 0 spiro atoms. The Labute approximate surface area is 148 Å². The number of carbonyl (C=O) groups is 2. The van der Waals surface area contributed by atoms with E-state index < -0.39 is 18.0 Å². The number of aryl methyl sites for hydroxylation is 2. The molecule has 1 atom stereocenters. The van der Waals surface area contributed by atoms with Gasteiger partial charge in [-0.05, 0) is 43.5 Å². The van der Waals surface area contributed by atoms with Crippen LogP contribution in [0, 0.1) is 13.8 Å². The van der Waals surface area contributed by atoms with Crippen LogP contribution >= 0.6 is 0 Å². The second-order valence-corrected chi connectivity index (χ2v) is 5.91. The molecule has 0 unspecified atom stereocenters. The van der Waals surface area contributed by atoms with E-state index in [4.69, 9.17) is 4.74 Å². The molecular formula is C20H24N2O3. The highest BCUT2D eigenvalue weighted by Gasteiger charge is 2.22. The molecule has 0 fully saturated rings. The van der Waals surface area contributed by atoms with Crippen molar-refractivity contribution in [3.05, 3.63) is 65.2 Å². The molecule has 5 nitrogen and oxygen atoms in total. The molecule has 0 aromatic heterocycles. The maximum absolute atomic E-state index is 12.4. The number of benzene rings is 2.